The molecule has 27 heavy (non-hydrogen) atoms. The van der Waals surface area contributed by atoms with Gasteiger partial charge in [0.25, 0.3) is 5.91 Å². The Hall–Kier alpha value is -1.17. The fraction of sp³-hybridized carbons (Fsp3) is 0.533. The zero-order chi connectivity index (χ0) is 20.6. The van der Waals surface area contributed by atoms with Crippen molar-refractivity contribution >= 4 is 50.5 Å². The van der Waals surface area contributed by atoms with Crippen molar-refractivity contribution in [3.05, 3.63) is 17.2 Å². The fourth-order valence-electron chi connectivity index (χ4n) is 2.40. The molecule has 1 aromatic rings. The number of anilines is 2. The van der Waals surface area contributed by atoms with Crippen molar-refractivity contribution in [3.63, 3.8) is 0 Å². The van der Waals surface area contributed by atoms with Crippen LogP contribution < -0.4 is 10.2 Å². The van der Waals surface area contributed by atoms with E-state index in [9.17, 15) is 31.5 Å². The summed E-state index contributed by atoms with van der Waals surface area (Å²) in [4.78, 5) is 13.6. The number of halogens is 4. The third kappa shape index (κ3) is 4.64. The van der Waals surface area contributed by atoms with Crippen molar-refractivity contribution in [2.75, 3.05) is 41.1 Å². The van der Waals surface area contributed by atoms with E-state index in [0.29, 0.717) is 20.0 Å². The number of amides is 1. The van der Waals surface area contributed by atoms with Crippen LogP contribution in [-0.4, -0.2) is 62.1 Å². The molecule has 0 aromatic heterocycles. The summed E-state index contributed by atoms with van der Waals surface area (Å²) >= 11 is 7.94. The SMILES string of the molecule is CC(O)(C(=O)Nc1ccc(S(C)(=O)=O)c(N2CCSCC2)c1Cl)C(F)(F)F. The summed E-state index contributed by atoms with van der Waals surface area (Å²) in [6.45, 7) is 1.30. The van der Waals surface area contributed by atoms with Crippen LogP contribution >= 0.6 is 23.4 Å². The van der Waals surface area contributed by atoms with Gasteiger partial charge < -0.3 is 15.3 Å². The van der Waals surface area contributed by atoms with E-state index in [1.807, 2.05) is 5.32 Å². The Morgan fingerprint density at radius 1 is 1.30 bits per heavy atom. The number of carbonyl (C=O) groups excluding carboxylic acids is 1. The first-order chi connectivity index (χ1) is 12.3. The molecule has 1 aliphatic rings. The number of carbonyl (C=O) groups is 1. The standard InChI is InChI=1S/C15H18ClF3N2O4S2/c1-14(23,15(17,18)19)13(22)20-9-3-4-10(27(2,24)25)12(11(9)16)21-5-7-26-8-6-21/h3-4,23H,5-8H2,1-2H3,(H,20,22). The van der Waals surface area contributed by atoms with Gasteiger partial charge in [-0.1, -0.05) is 11.6 Å². The molecule has 0 aliphatic carbocycles. The normalized spacial score (nSPS) is 18.1. The molecule has 0 bridgehead atoms. The van der Waals surface area contributed by atoms with E-state index in [2.05, 4.69) is 0 Å². The summed E-state index contributed by atoms with van der Waals surface area (Å²) in [5.74, 6) is -0.276. The predicted molar refractivity (Wildman–Crippen MR) is 99.4 cm³/mol. The number of hydrogen-bond donors (Lipinski definition) is 2. The highest BCUT2D eigenvalue weighted by atomic mass is 35.5. The van der Waals surface area contributed by atoms with E-state index in [1.165, 1.54) is 6.07 Å². The van der Waals surface area contributed by atoms with E-state index in [0.717, 1.165) is 23.8 Å². The molecule has 1 amide bonds. The molecule has 1 aliphatic heterocycles. The Morgan fingerprint density at radius 3 is 2.33 bits per heavy atom. The third-order valence-corrected chi connectivity index (χ3v) is 6.50. The molecular formula is C15H18ClF3N2O4S2. The van der Waals surface area contributed by atoms with Crippen LogP contribution in [0.1, 0.15) is 6.92 Å². The minimum absolute atomic E-state index is 0.0834. The lowest BCUT2D eigenvalue weighted by Gasteiger charge is -2.31. The Bertz CT molecular complexity index is 838. The van der Waals surface area contributed by atoms with Gasteiger partial charge in [0.05, 0.1) is 21.3 Å². The molecule has 12 heteroatoms. The Labute approximate surface area is 164 Å². The topological polar surface area (TPSA) is 86.7 Å². The van der Waals surface area contributed by atoms with E-state index >= 15 is 0 Å². The van der Waals surface area contributed by atoms with Crippen LogP contribution in [0, 0.1) is 0 Å². The maximum Gasteiger partial charge on any atom is 0.426 e. The molecule has 0 radical (unpaired) electrons. The van der Waals surface area contributed by atoms with E-state index < -0.39 is 27.5 Å². The number of alkyl halides is 3. The number of rotatable bonds is 4. The lowest BCUT2D eigenvalue weighted by Crippen LogP contribution is -2.52. The van der Waals surface area contributed by atoms with E-state index in [1.54, 1.807) is 16.7 Å². The largest absolute Gasteiger partial charge is 0.426 e. The van der Waals surface area contributed by atoms with Crippen molar-refractivity contribution in [3.8, 4) is 0 Å². The average molecular weight is 447 g/mol. The molecule has 152 valence electrons. The van der Waals surface area contributed by atoms with Gasteiger partial charge in [-0.3, -0.25) is 4.79 Å². The minimum Gasteiger partial charge on any atom is -0.373 e. The maximum absolute atomic E-state index is 12.8. The molecule has 6 nitrogen and oxygen atoms in total. The quantitative estimate of drug-likeness (QED) is 0.739. The van der Waals surface area contributed by atoms with Crippen LogP contribution in [0.15, 0.2) is 17.0 Å². The Morgan fingerprint density at radius 2 is 1.85 bits per heavy atom. The number of nitrogens with zero attached hydrogens (tertiary/aromatic N) is 1. The zero-order valence-corrected chi connectivity index (χ0v) is 16.8. The second-order valence-electron chi connectivity index (χ2n) is 6.17. The zero-order valence-electron chi connectivity index (χ0n) is 14.4. The molecule has 1 fully saturated rings. The summed E-state index contributed by atoms with van der Waals surface area (Å²) in [5, 5.41) is 11.2. The molecule has 1 unspecified atom stereocenters. The summed E-state index contributed by atoms with van der Waals surface area (Å²) < 4.78 is 62.7. The van der Waals surface area contributed by atoms with Gasteiger partial charge >= 0.3 is 6.18 Å². The first kappa shape index (κ1) is 22.1. The van der Waals surface area contributed by atoms with Crippen molar-refractivity contribution < 1.29 is 31.5 Å². The van der Waals surface area contributed by atoms with Crippen molar-refractivity contribution in [2.45, 2.75) is 23.6 Å². The van der Waals surface area contributed by atoms with Crippen LogP contribution in [0.25, 0.3) is 0 Å². The molecule has 1 heterocycles. The lowest BCUT2D eigenvalue weighted by molar-refractivity contribution is -0.242. The highest BCUT2D eigenvalue weighted by Crippen LogP contribution is 2.40. The van der Waals surface area contributed by atoms with E-state index in [-0.39, 0.29) is 21.3 Å². The second kappa shape index (κ2) is 7.69. The van der Waals surface area contributed by atoms with Crippen molar-refractivity contribution in [1.29, 1.82) is 0 Å². The van der Waals surface area contributed by atoms with E-state index in [4.69, 9.17) is 11.6 Å². The number of nitrogens with one attached hydrogen (secondary N) is 1. The molecule has 2 N–H and O–H groups in total. The molecule has 1 atom stereocenters. The highest BCUT2D eigenvalue weighted by molar-refractivity contribution is 7.99. The van der Waals surface area contributed by atoms with Crippen molar-refractivity contribution in [2.24, 2.45) is 0 Å². The molecule has 0 spiro atoms. The maximum atomic E-state index is 12.8. The average Bonchev–Trinajstić information content (AvgIpc) is 2.55. The van der Waals surface area contributed by atoms with Gasteiger partial charge in [-0.05, 0) is 19.1 Å². The van der Waals surface area contributed by atoms with Crippen LogP contribution in [0.5, 0.6) is 0 Å². The van der Waals surface area contributed by atoms with Gasteiger partial charge in [0.2, 0.25) is 5.60 Å². The predicted octanol–water partition coefficient (Wildman–Crippen LogP) is 2.55. The lowest BCUT2D eigenvalue weighted by atomic mass is 10.1. The number of thioether (sulfide) groups is 1. The summed E-state index contributed by atoms with van der Waals surface area (Å²) in [6.07, 6.45) is -4.20. The molecule has 2 rings (SSSR count). The Kier molecular flexibility index (Phi) is 6.30. The molecule has 0 saturated carbocycles. The van der Waals surface area contributed by atoms with Crippen LogP contribution in [0.4, 0.5) is 24.5 Å². The molecular weight excluding hydrogens is 429 g/mol. The summed E-state index contributed by atoms with van der Waals surface area (Å²) in [7, 11) is -3.68. The van der Waals surface area contributed by atoms with Gasteiger partial charge in [-0.25, -0.2) is 8.42 Å². The van der Waals surface area contributed by atoms with Gasteiger partial charge in [0, 0.05) is 30.9 Å². The summed E-state index contributed by atoms with van der Waals surface area (Å²) in [6, 6.07) is 2.28. The summed E-state index contributed by atoms with van der Waals surface area (Å²) in [5.41, 5.74) is -3.72. The van der Waals surface area contributed by atoms with Crippen LogP contribution in [0.2, 0.25) is 5.02 Å². The van der Waals surface area contributed by atoms with Crippen LogP contribution in [0.3, 0.4) is 0 Å². The monoisotopic (exact) mass is 446 g/mol. The Balaban J connectivity index is 2.49. The smallest absolute Gasteiger partial charge is 0.373 e. The van der Waals surface area contributed by atoms with Gasteiger partial charge in [-0.15, -0.1) is 0 Å². The first-order valence-electron chi connectivity index (χ1n) is 7.72. The number of sulfone groups is 1. The highest BCUT2D eigenvalue weighted by Gasteiger charge is 2.55. The van der Waals surface area contributed by atoms with Crippen molar-refractivity contribution in [1.82, 2.24) is 0 Å². The van der Waals surface area contributed by atoms with Gasteiger partial charge in [-0.2, -0.15) is 24.9 Å². The fourth-order valence-corrected chi connectivity index (χ4v) is 4.59. The number of aliphatic hydroxyl groups is 1. The number of hydrogen-bond acceptors (Lipinski definition) is 6. The first-order valence-corrected chi connectivity index (χ1v) is 11.1. The number of benzene rings is 1. The van der Waals surface area contributed by atoms with Gasteiger partial charge in [0.15, 0.2) is 9.84 Å². The molecule has 1 saturated heterocycles. The second-order valence-corrected chi connectivity index (χ2v) is 9.76. The third-order valence-electron chi connectivity index (χ3n) is 4.05. The van der Waals surface area contributed by atoms with Gasteiger partial charge in [0.1, 0.15) is 0 Å². The molecule has 1 aromatic carbocycles. The minimum atomic E-state index is -5.19. The van der Waals surface area contributed by atoms with Crippen LogP contribution in [-0.2, 0) is 14.6 Å².